The van der Waals surface area contributed by atoms with Crippen LogP contribution in [-0.2, 0) is 14.3 Å². The number of amides is 1. The molecule has 0 radical (unpaired) electrons. The predicted octanol–water partition coefficient (Wildman–Crippen LogP) is 1.72. The molecule has 0 aromatic heterocycles. The van der Waals surface area contributed by atoms with Crippen molar-refractivity contribution in [3.63, 3.8) is 0 Å². The normalized spacial score (nSPS) is 17.2. The molecule has 1 aliphatic carbocycles. The van der Waals surface area contributed by atoms with Gasteiger partial charge < -0.3 is 4.74 Å². The van der Waals surface area contributed by atoms with E-state index in [9.17, 15) is 14.4 Å². The highest BCUT2D eigenvalue weighted by Crippen LogP contribution is 2.12. The van der Waals surface area contributed by atoms with E-state index in [0.29, 0.717) is 12.8 Å². The van der Waals surface area contributed by atoms with Gasteiger partial charge in [0.1, 0.15) is 5.60 Å². The fraction of sp³-hybridized carbons (Fsp3) is 0.583. The van der Waals surface area contributed by atoms with Crippen LogP contribution >= 0.6 is 0 Å². The number of nitrogens with one attached hydrogen (secondary N) is 1. The predicted molar refractivity (Wildman–Crippen MR) is 61.3 cm³/mol. The van der Waals surface area contributed by atoms with E-state index in [-0.39, 0.29) is 23.7 Å². The molecule has 0 atom stereocenters. The maximum absolute atomic E-state index is 11.6. The van der Waals surface area contributed by atoms with Gasteiger partial charge in [-0.15, -0.1) is 0 Å². The smallest absolute Gasteiger partial charge is 0.412 e. The molecule has 0 saturated heterocycles. The molecule has 17 heavy (non-hydrogen) atoms. The fourth-order valence-electron chi connectivity index (χ4n) is 1.39. The van der Waals surface area contributed by atoms with Gasteiger partial charge in [-0.1, -0.05) is 0 Å². The first-order valence-corrected chi connectivity index (χ1v) is 5.56. The number of rotatable bonds is 1. The Balaban J connectivity index is 2.68. The molecule has 0 aromatic carbocycles. The van der Waals surface area contributed by atoms with Crippen LogP contribution in [0.1, 0.15) is 40.0 Å². The zero-order valence-corrected chi connectivity index (χ0v) is 10.3. The molecule has 94 valence electrons. The maximum atomic E-state index is 11.6. The zero-order valence-electron chi connectivity index (χ0n) is 10.3. The van der Waals surface area contributed by atoms with E-state index in [4.69, 9.17) is 4.74 Å². The minimum absolute atomic E-state index is 0.0294. The molecule has 1 amide bonds. The number of carbonyl (C=O) groups is 3. The summed E-state index contributed by atoms with van der Waals surface area (Å²) < 4.78 is 5.01. The summed E-state index contributed by atoms with van der Waals surface area (Å²) in [6.07, 6.45) is 1.60. The molecule has 0 fully saturated rings. The van der Waals surface area contributed by atoms with Gasteiger partial charge in [-0.3, -0.25) is 14.9 Å². The molecule has 1 aliphatic rings. The minimum atomic E-state index is -0.716. The van der Waals surface area contributed by atoms with Gasteiger partial charge in [0.05, 0.1) is 5.70 Å². The van der Waals surface area contributed by atoms with Gasteiger partial charge in [0, 0.05) is 18.9 Å². The third-order valence-electron chi connectivity index (χ3n) is 2.07. The standard InChI is InChI=1S/C12H17NO4/c1-12(2,3)17-11(16)13-9-7-8(14)5-4-6-10(9)15/h7H,4-6H2,1-3H3,(H,13,16). The van der Waals surface area contributed by atoms with Crippen LogP contribution in [0.4, 0.5) is 4.79 Å². The van der Waals surface area contributed by atoms with E-state index in [1.54, 1.807) is 20.8 Å². The highest BCUT2D eigenvalue weighted by Gasteiger charge is 2.21. The Morgan fingerprint density at radius 1 is 1.29 bits per heavy atom. The molecule has 5 nitrogen and oxygen atoms in total. The molecule has 5 heteroatoms. The summed E-state index contributed by atoms with van der Waals surface area (Å²) in [4.78, 5) is 34.3. The summed E-state index contributed by atoms with van der Waals surface area (Å²) in [6.45, 7) is 5.17. The Morgan fingerprint density at radius 2 is 1.94 bits per heavy atom. The second kappa shape index (κ2) is 5.12. The van der Waals surface area contributed by atoms with Crippen molar-refractivity contribution in [2.45, 2.75) is 45.6 Å². The average molecular weight is 239 g/mol. The zero-order chi connectivity index (χ0) is 13.1. The molecule has 0 saturated carbocycles. The van der Waals surface area contributed by atoms with E-state index >= 15 is 0 Å². The minimum Gasteiger partial charge on any atom is -0.444 e. The number of ketones is 2. The lowest BCUT2D eigenvalue weighted by atomic mass is 10.2. The Bertz CT molecular complexity index is 376. The Hall–Kier alpha value is -1.65. The second-order valence-electron chi connectivity index (χ2n) is 4.93. The number of alkyl carbamates (subject to hydrolysis) is 1. The van der Waals surface area contributed by atoms with Crippen LogP contribution in [0.25, 0.3) is 0 Å². The highest BCUT2D eigenvalue weighted by molar-refractivity contribution is 6.05. The number of hydrogen-bond acceptors (Lipinski definition) is 4. The summed E-state index contributed by atoms with van der Waals surface area (Å²) in [5, 5.41) is 2.33. The van der Waals surface area contributed by atoms with Gasteiger partial charge in [-0.2, -0.15) is 0 Å². The Labute approximate surface area is 100 Å². The summed E-state index contributed by atoms with van der Waals surface area (Å²) in [5.74, 6) is -0.386. The SMILES string of the molecule is CC(C)(C)OC(=O)NC1=CC(=O)CCCC1=O. The molecule has 0 heterocycles. The van der Waals surface area contributed by atoms with Crippen molar-refractivity contribution in [2.75, 3.05) is 0 Å². The third-order valence-corrected chi connectivity index (χ3v) is 2.07. The molecule has 0 bridgehead atoms. The van der Waals surface area contributed by atoms with Crippen molar-refractivity contribution >= 4 is 17.7 Å². The fourth-order valence-corrected chi connectivity index (χ4v) is 1.39. The monoisotopic (exact) mass is 239 g/mol. The van der Waals surface area contributed by atoms with Crippen molar-refractivity contribution in [3.05, 3.63) is 11.8 Å². The van der Waals surface area contributed by atoms with Crippen molar-refractivity contribution in [2.24, 2.45) is 0 Å². The third kappa shape index (κ3) is 4.80. The number of hydrogen-bond donors (Lipinski definition) is 1. The number of Topliss-reactive ketones (excluding diaryl/α,β-unsaturated/α-hetero) is 1. The second-order valence-corrected chi connectivity index (χ2v) is 4.93. The van der Waals surface area contributed by atoms with Gasteiger partial charge in [-0.25, -0.2) is 4.79 Å². The van der Waals surface area contributed by atoms with E-state index in [1.165, 1.54) is 6.08 Å². The summed E-state index contributed by atoms with van der Waals surface area (Å²) in [5.41, 5.74) is -0.607. The first-order chi connectivity index (χ1) is 7.78. The average Bonchev–Trinajstić information content (AvgIpc) is 2.26. The molecule has 1 rings (SSSR count). The van der Waals surface area contributed by atoms with E-state index in [2.05, 4.69) is 5.32 Å². The lowest BCUT2D eigenvalue weighted by Crippen LogP contribution is -2.34. The van der Waals surface area contributed by atoms with Crippen molar-refractivity contribution < 1.29 is 19.1 Å². The Morgan fingerprint density at radius 3 is 2.53 bits per heavy atom. The van der Waals surface area contributed by atoms with Crippen LogP contribution in [0.2, 0.25) is 0 Å². The number of allylic oxidation sites excluding steroid dienone is 2. The summed E-state index contributed by atoms with van der Waals surface area (Å²) in [6, 6.07) is 0. The highest BCUT2D eigenvalue weighted by atomic mass is 16.6. The Kier molecular flexibility index (Phi) is 4.04. The van der Waals surface area contributed by atoms with Crippen molar-refractivity contribution in [1.29, 1.82) is 0 Å². The van der Waals surface area contributed by atoms with Crippen LogP contribution in [0.5, 0.6) is 0 Å². The summed E-state index contributed by atoms with van der Waals surface area (Å²) >= 11 is 0. The van der Waals surface area contributed by atoms with Gasteiger partial charge in [0.25, 0.3) is 0 Å². The molecule has 0 aromatic rings. The van der Waals surface area contributed by atoms with E-state index in [0.717, 1.165) is 0 Å². The van der Waals surface area contributed by atoms with Gasteiger partial charge >= 0.3 is 6.09 Å². The lowest BCUT2D eigenvalue weighted by Gasteiger charge is -2.20. The van der Waals surface area contributed by atoms with E-state index in [1.807, 2.05) is 0 Å². The molecular weight excluding hydrogens is 222 g/mol. The molecule has 0 spiro atoms. The van der Waals surface area contributed by atoms with Crippen LogP contribution in [0, 0.1) is 0 Å². The molecular formula is C12H17NO4. The van der Waals surface area contributed by atoms with Crippen LogP contribution in [0.15, 0.2) is 11.8 Å². The van der Waals surface area contributed by atoms with E-state index < -0.39 is 11.7 Å². The van der Waals surface area contributed by atoms with Crippen molar-refractivity contribution in [1.82, 2.24) is 5.32 Å². The van der Waals surface area contributed by atoms with Gasteiger partial charge in [-0.05, 0) is 27.2 Å². The largest absolute Gasteiger partial charge is 0.444 e. The van der Waals surface area contributed by atoms with Gasteiger partial charge in [0.15, 0.2) is 11.6 Å². The van der Waals surface area contributed by atoms with Crippen LogP contribution in [-0.4, -0.2) is 23.3 Å². The van der Waals surface area contributed by atoms with Gasteiger partial charge in [0.2, 0.25) is 0 Å². The quantitative estimate of drug-likeness (QED) is 0.756. The first-order valence-electron chi connectivity index (χ1n) is 5.56. The lowest BCUT2D eigenvalue weighted by molar-refractivity contribution is -0.116. The topological polar surface area (TPSA) is 72.5 Å². The number of ether oxygens (including phenoxy) is 1. The molecule has 0 aliphatic heterocycles. The molecule has 1 N–H and O–H groups in total. The maximum Gasteiger partial charge on any atom is 0.412 e. The van der Waals surface area contributed by atoms with Crippen LogP contribution < -0.4 is 5.32 Å². The molecule has 0 unspecified atom stereocenters. The summed E-state index contributed by atoms with van der Waals surface area (Å²) in [7, 11) is 0. The first kappa shape index (κ1) is 13.4. The van der Waals surface area contributed by atoms with Crippen LogP contribution in [0.3, 0.4) is 0 Å². The number of carbonyl (C=O) groups excluding carboxylic acids is 3. The van der Waals surface area contributed by atoms with Crippen molar-refractivity contribution in [3.8, 4) is 0 Å².